The number of piperidine rings is 5. The summed E-state index contributed by atoms with van der Waals surface area (Å²) >= 11 is 0. The summed E-state index contributed by atoms with van der Waals surface area (Å²) in [7, 11) is 0. The van der Waals surface area contributed by atoms with Gasteiger partial charge in [0.1, 0.15) is 39.4 Å². The number of nitriles is 2. The van der Waals surface area contributed by atoms with E-state index >= 15 is 0 Å². The van der Waals surface area contributed by atoms with Gasteiger partial charge in [-0.15, -0.1) is 0 Å². The number of hydrogen-bond donors (Lipinski definition) is 9. The van der Waals surface area contributed by atoms with Crippen molar-refractivity contribution in [2.45, 2.75) is 357 Å². The molecule has 137 heavy (non-hydrogen) atoms. The van der Waals surface area contributed by atoms with Crippen molar-refractivity contribution in [3.8, 4) is 12.4 Å². The van der Waals surface area contributed by atoms with Gasteiger partial charge in [0.2, 0.25) is 0 Å². The number of carbonyl (C=O) groups excluding carboxylic acids is 6. The minimum absolute atomic E-state index is 0.0433. The number of alkyl carbamates (subject to hydrolysis) is 4. The molecule has 11 N–H and O–H groups in total. The average molecular weight is 1900 g/mol. The van der Waals surface area contributed by atoms with Crippen LogP contribution >= 0.6 is 0 Å². The first kappa shape index (κ1) is 106. The Kier molecular flexibility index (Phi) is 35.8. The molecule has 11 aliphatic rings. The molecule has 0 unspecified atom stereocenters. The van der Waals surface area contributed by atoms with Crippen LogP contribution in [0.25, 0.3) is 0 Å². The van der Waals surface area contributed by atoms with Crippen LogP contribution in [0.15, 0.2) is 105 Å². The summed E-state index contributed by atoms with van der Waals surface area (Å²) in [5.41, 5.74) is 12.2. The van der Waals surface area contributed by atoms with Crippen molar-refractivity contribution in [2.75, 3.05) is 94.9 Å². The van der Waals surface area contributed by atoms with Crippen LogP contribution in [0.4, 0.5) is 40.8 Å². The number of aromatic nitrogens is 4. The van der Waals surface area contributed by atoms with Gasteiger partial charge in [0.15, 0.2) is 24.0 Å². The van der Waals surface area contributed by atoms with Crippen LogP contribution in [0.2, 0.25) is 0 Å². The molecule has 6 saturated carbocycles. The summed E-state index contributed by atoms with van der Waals surface area (Å²) in [6, 6.07) is 34.2. The van der Waals surface area contributed by atoms with Crippen molar-refractivity contribution in [3.63, 3.8) is 0 Å². The SMILES string of the molecule is CC(C)(C)OC(=O)N(CC1(C(N)=NO)CC1)[C@@H]1C[C@H]1c1ccccc1.CC(C)(C)OC(=O)NC1CCN(C#N)CC1.CC(C)(C)OC(=O)NC1CCN(C#N)CC1.CC(C)(C)OC(=O)NC1CCN(c2nc(C3(CN(C(=O)OC(C)(C)C)[C@@H]4C[C@H]4c4ccccc4)CC3)no2)CC1.CC(C)(C)OC(=O)NC1CCNCC1.NC1CCN(c2nc(C3(CN[C@@H]4C[C@H]4c4ccccc4)CC3)no2)CC1. The van der Waals surface area contributed by atoms with Gasteiger partial charge in [-0.2, -0.15) is 20.5 Å². The molecule has 36 heteroatoms. The fraction of sp³-hybridized carbons (Fsp3) is 0.693. The van der Waals surface area contributed by atoms with Gasteiger partial charge in [-0.3, -0.25) is 0 Å². The molecular weight excluding hydrogens is 1750 g/mol. The fourth-order valence-corrected chi connectivity index (χ4v) is 17.4. The number of likely N-dealkylation sites (tertiary alicyclic amines) is 2. The zero-order valence-electron chi connectivity index (χ0n) is 84.3. The number of amides is 6. The lowest BCUT2D eigenvalue weighted by molar-refractivity contribution is 0.0197. The molecule has 6 atom stereocenters. The van der Waals surface area contributed by atoms with Crippen molar-refractivity contribution >= 4 is 54.4 Å². The largest absolute Gasteiger partial charge is 0.444 e. The number of rotatable bonds is 21. The summed E-state index contributed by atoms with van der Waals surface area (Å²) in [4.78, 5) is 93.5. The quantitative estimate of drug-likeness (QED) is 0.00822. The molecule has 0 spiro atoms. The third-order valence-corrected chi connectivity index (χ3v) is 25.8. The van der Waals surface area contributed by atoms with Gasteiger partial charge in [0.25, 0.3) is 0 Å². The molecule has 2 aromatic heterocycles. The second-order valence-electron chi connectivity index (χ2n) is 44.6. The molecule has 36 nitrogen and oxygen atoms in total. The molecule has 7 heterocycles. The van der Waals surface area contributed by atoms with E-state index in [4.69, 9.17) is 74.6 Å². The van der Waals surface area contributed by atoms with Gasteiger partial charge < -0.3 is 115 Å². The molecule has 5 saturated heterocycles. The molecule has 0 bridgehead atoms. The van der Waals surface area contributed by atoms with E-state index in [9.17, 15) is 28.8 Å². The number of amidine groups is 1. The predicted octanol–water partition coefficient (Wildman–Crippen LogP) is 15.0. The summed E-state index contributed by atoms with van der Waals surface area (Å²) < 4.78 is 43.6. The number of benzene rings is 3. The topological polar surface area (TPSA) is 459 Å². The van der Waals surface area contributed by atoms with Crippen molar-refractivity contribution in [1.82, 2.24) is 71.8 Å². The Morgan fingerprint density at radius 2 is 0.788 bits per heavy atom. The van der Waals surface area contributed by atoms with Crippen LogP contribution < -0.4 is 53.2 Å². The van der Waals surface area contributed by atoms with Gasteiger partial charge in [-0.25, -0.2) is 28.8 Å². The first-order chi connectivity index (χ1) is 64.6. The highest BCUT2D eigenvalue weighted by molar-refractivity contribution is 5.89. The van der Waals surface area contributed by atoms with E-state index in [0.29, 0.717) is 100 Å². The maximum Gasteiger partial charge on any atom is 0.410 e. The normalized spacial score (nSPS) is 22.3. The number of nitrogens with two attached hydrogens (primary N) is 2. The Morgan fingerprint density at radius 1 is 0.460 bits per heavy atom. The van der Waals surface area contributed by atoms with E-state index in [1.54, 1.807) is 14.7 Å². The van der Waals surface area contributed by atoms with Gasteiger partial charge in [0.05, 0.1) is 5.41 Å². The zero-order valence-corrected chi connectivity index (χ0v) is 84.3. The second kappa shape index (κ2) is 46.1. The van der Waals surface area contributed by atoms with Crippen LogP contribution in [-0.2, 0) is 39.3 Å². The summed E-state index contributed by atoms with van der Waals surface area (Å²) in [6.45, 7) is 43.4. The standard InChI is InChI=1S/C30H43N5O5.C20H27N5O.C19H27N3O3.2C11H19N3O2.C10H20N2O2/c1-28(2,3)38-26(36)31-21-12-16-34(17-13-21)25-32-24(33-40-25)30(14-15-30)19-35(27(37)39-29(4,5)6)23-18-22(23)20-10-8-7-9-11-20;21-15-6-10-25(11-7-15)19-23-18(24-26-19)20(8-9-20)13-22-17-12-16(17)14-4-2-1-3-5-14;1-18(2,3)25-17(23)22(12-19(9-10-19)16(20)21-24)15-11-14(15)13-7-5-4-6-8-13;2*1-11(2,3)16-10(15)13-9-4-6-14(8-12)7-5-9;1-10(2,3)14-9(13)12-8-4-6-11-7-5-8/h7-11,21-23H,12-19H2,1-6H3,(H,31,36);1-5,15-17,22H,6-13,21H2;4-8,14-15,24H,9-12H2,1-3H3,(H2,20,21);2*9H,4-7H2,1-3H3,(H,13,15);8,11H,4-7H2,1-3H3,(H,12,13)/t22-,23+;16-,17+;14-,15+;;;/m000.../s1. The highest BCUT2D eigenvalue weighted by Gasteiger charge is 2.58. The molecule has 0 radical (unpaired) electrons. The highest BCUT2D eigenvalue weighted by atomic mass is 16.6. The van der Waals surface area contributed by atoms with Crippen LogP contribution in [0, 0.1) is 28.3 Å². The maximum absolute atomic E-state index is 13.4. The number of carbonyl (C=O) groups is 6. The van der Waals surface area contributed by atoms with Crippen molar-refractivity contribution in [2.24, 2.45) is 22.0 Å². The molecular formula is C101H155N21O15. The highest BCUT2D eigenvalue weighted by Crippen LogP contribution is 2.54. The number of hydrogen-bond acceptors (Lipinski definition) is 29. The Labute approximate surface area is 809 Å². The molecule has 5 aromatic rings. The van der Waals surface area contributed by atoms with Crippen molar-refractivity contribution in [1.29, 1.82) is 10.5 Å². The van der Waals surface area contributed by atoms with E-state index in [0.717, 1.165) is 154 Å². The van der Waals surface area contributed by atoms with Gasteiger partial charge in [0, 0.05) is 149 Å². The van der Waals surface area contributed by atoms with Crippen LogP contribution in [0.1, 0.15) is 293 Å². The molecule has 5 aliphatic heterocycles. The second-order valence-corrected chi connectivity index (χ2v) is 44.6. The number of ether oxygens (including phenoxy) is 6. The molecule has 754 valence electrons. The summed E-state index contributed by atoms with van der Waals surface area (Å²) in [5, 5.41) is 56.8. The Hall–Kier alpha value is -11.1. The molecule has 3 aromatic carbocycles. The number of nitrogens with one attached hydrogen (secondary N) is 6. The molecule has 11 fully saturated rings. The summed E-state index contributed by atoms with van der Waals surface area (Å²) in [6.07, 6.45) is 19.6. The first-order valence-electron chi connectivity index (χ1n) is 49.4. The first-order valence-corrected chi connectivity index (χ1v) is 49.4. The lowest BCUT2D eigenvalue weighted by Gasteiger charge is -2.31. The van der Waals surface area contributed by atoms with E-state index in [2.05, 4.69) is 124 Å². The zero-order chi connectivity index (χ0) is 99.5. The minimum Gasteiger partial charge on any atom is -0.444 e. The monoisotopic (exact) mass is 1900 g/mol. The molecule has 16 rings (SSSR count). The number of nitrogens with zero attached hydrogens (tertiary/aromatic N) is 13. The van der Waals surface area contributed by atoms with E-state index in [-0.39, 0.29) is 89.5 Å². The Bertz CT molecular complexity index is 4740. The summed E-state index contributed by atoms with van der Waals surface area (Å²) in [5.74, 6) is 3.02. The molecule has 6 amide bonds. The third kappa shape index (κ3) is 34.5. The van der Waals surface area contributed by atoms with Crippen molar-refractivity contribution in [3.05, 3.63) is 119 Å². The fourth-order valence-electron chi connectivity index (χ4n) is 17.4. The maximum atomic E-state index is 13.4. The van der Waals surface area contributed by atoms with E-state index < -0.39 is 39.0 Å². The smallest absolute Gasteiger partial charge is 0.410 e. The Morgan fingerprint density at radius 3 is 1.12 bits per heavy atom. The van der Waals surface area contributed by atoms with Gasteiger partial charge in [-0.1, -0.05) is 106 Å². The minimum atomic E-state index is -0.576. The third-order valence-electron chi connectivity index (χ3n) is 25.8. The number of anilines is 2. The predicted molar refractivity (Wildman–Crippen MR) is 521 cm³/mol. The van der Waals surface area contributed by atoms with Crippen molar-refractivity contribution < 1.29 is 71.4 Å². The van der Waals surface area contributed by atoms with Gasteiger partial charge in [-0.05, 0) is 276 Å². The number of oxime groups is 1. The van der Waals surface area contributed by atoms with E-state index in [1.807, 2.05) is 166 Å². The Balaban J connectivity index is 0.000000165. The van der Waals surface area contributed by atoms with Gasteiger partial charge >= 0.3 is 48.6 Å². The van der Waals surface area contributed by atoms with Crippen LogP contribution in [-0.4, -0.2) is 255 Å². The van der Waals surface area contributed by atoms with Crippen LogP contribution in [0.3, 0.4) is 0 Å². The lowest BCUT2D eigenvalue weighted by atomic mass is 10.0. The van der Waals surface area contributed by atoms with Crippen LogP contribution in [0.5, 0.6) is 0 Å². The lowest BCUT2D eigenvalue weighted by Crippen LogP contribution is -2.46. The molecule has 6 aliphatic carbocycles. The van der Waals surface area contributed by atoms with E-state index in [1.165, 1.54) is 23.1 Å². The average Bonchev–Trinajstić information content (AvgIpc) is 1.61.